The van der Waals surface area contributed by atoms with Crippen LogP contribution in [0.25, 0.3) is 0 Å². The third-order valence-corrected chi connectivity index (χ3v) is 13.3. The number of oxime groups is 1. The van der Waals surface area contributed by atoms with Gasteiger partial charge in [0.1, 0.15) is 17.5 Å². The van der Waals surface area contributed by atoms with Gasteiger partial charge < -0.3 is 53.7 Å². The molecular formula is C51H60N4O11. The smallest absolute Gasteiger partial charge is 0.412 e. The Labute approximate surface area is 385 Å². The van der Waals surface area contributed by atoms with E-state index in [4.69, 9.17) is 38.4 Å². The Hall–Kier alpha value is -5.92. The summed E-state index contributed by atoms with van der Waals surface area (Å²) in [7, 11) is 0. The van der Waals surface area contributed by atoms with Gasteiger partial charge in [-0.3, -0.25) is 4.79 Å². The molecule has 1 unspecified atom stereocenters. The highest BCUT2D eigenvalue weighted by atomic mass is 16.8. The van der Waals surface area contributed by atoms with Crippen LogP contribution in [0.4, 0.5) is 4.79 Å². The highest BCUT2D eigenvalue weighted by Crippen LogP contribution is 2.62. The zero-order valence-corrected chi connectivity index (χ0v) is 37.5. The number of nitriles is 1. The van der Waals surface area contributed by atoms with Crippen molar-refractivity contribution in [2.45, 2.75) is 102 Å². The third-order valence-electron chi connectivity index (χ3n) is 13.3. The summed E-state index contributed by atoms with van der Waals surface area (Å²) in [6, 6.07) is 18.8. The Bertz CT molecular complexity index is 2300. The number of benzene rings is 3. The number of aliphatic hydroxyl groups excluding tert-OH is 2. The van der Waals surface area contributed by atoms with Crippen molar-refractivity contribution in [3.05, 3.63) is 107 Å². The quantitative estimate of drug-likeness (QED) is 0.0600. The van der Waals surface area contributed by atoms with E-state index in [1.807, 2.05) is 31.2 Å². The molecule has 7 atom stereocenters. The number of amides is 2. The van der Waals surface area contributed by atoms with Crippen LogP contribution in [0.2, 0.25) is 0 Å². The van der Waals surface area contributed by atoms with Crippen LogP contribution in [0, 0.1) is 29.1 Å². The average Bonchev–Trinajstić information content (AvgIpc) is 3.82. The molecule has 3 heterocycles. The molecular weight excluding hydrogens is 845 g/mol. The standard InChI is InChI=1S/C51H60N4O11/c1-3-24-63-51-45(55(49(58)35-17-14-33(30-52)15-18-35)31-34-16-20-43-44(26-34)62-32-61-43)29-41(54-66-46-13-7-10-25-60-46)39-27-36(11-5-8-22-56)38(12-6-9-23-57)47(48(39)51)40-28-37(19-21-42(40)65-51)64-50(59)53-4-2/h3,14-21,26-28,36,38,45-48,56-57H,1,4-13,22-25,29,31-32H2,2H3,(H,53,59)/t36-,38+,45-,46?,47+,48+,51+/m0/s1. The predicted octanol–water partition coefficient (Wildman–Crippen LogP) is 7.90. The van der Waals surface area contributed by atoms with Gasteiger partial charge in [-0.2, -0.15) is 5.26 Å². The number of fused-ring (bicyclic) bond motifs is 3. The van der Waals surface area contributed by atoms with Crippen LogP contribution in [0.1, 0.15) is 104 Å². The second-order valence-corrected chi connectivity index (χ2v) is 17.4. The number of rotatable bonds is 19. The molecule has 2 amide bonds. The van der Waals surface area contributed by atoms with Crippen molar-refractivity contribution < 1.29 is 53.1 Å². The number of allylic oxidation sites excluding steroid dienone is 1. The van der Waals surface area contributed by atoms with Crippen LogP contribution in [0.3, 0.4) is 0 Å². The monoisotopic (exact) mass is 904 g/mol. The van der Waals surface area contributed by atoms with Gasteiger partial charge in [-0.1, -0.05) is 36.2 Å². The normalized spacial score (nSPS) is 25.3. The molecule has 1 saturated carbocycles. The fraction of sp³-hybridized carbons (Fsp3) is 0.490. The molecule has 3 aromatic rings. The molecule has 3 aliphatic heterocycles. The first-order valence-electron chi connectivity index (χ1n) is 23.3. The molecule has 350 valence electrons. The van der Waals surface area contributed by atoms with Crippen LogP contribution in [0.5, 0.6) is 23.0 Å². The van der Waals surface area contributed by atoms with Crippen molar-refractivity contribution in [2.24, 2.45) is 22.9 Å². The number of hydrogen-bond donors (Lipinski definition) is 3. The second kappa shape index (κ2) is 21.6. The summed E-state index contributed by atoms with van der Waals surface area (Å²) in [4.78, 5) is 36.4. The number of unbranched alkanes of at least 4 members (excludes halogenated alkanes) is 2. The van der Waals surface area contributed by atoms with Gasteiger partial charge in [0.15, 0.2) is 11.5 Å². The van der Waals surface area contributed by atoms with Crippen molar-refractivity contribution in [3.63, 3.8) is 0 Å². The molecule has 0 radical (unpaired) electrons. The number of nitrogens with one attached hydrogen (secondary N) is 1. The molecule has 3 N–H and O–H groups in total. The second-order valence-electron chi connectivity index (χ2n) is 17.4. The Morgan fingerprint density at radius 1 is 1.00 bits per heavy atom. The van der Waals surface area contributed by atoms with E-state index in [0.29, 0.717) is 72.3 Å². The highest BCUT2D eigenvalue weighted by molar-refractivity contribution is 6.03. The summed E-state index contributed by atoms with van der Waals surface area (Å²) in [6.45, 7) is 7.16. The molecule has 3 aromatic carbocycles. The van der Waals surface area contributed by atoms with E-state index in [2.05, 4.69) is 24.0 Å². The van der Waals surface area contributed by atoms with Crippen molar-refractivity contribution in [3.8, 4) is 29.1 Å². The average molecular weight is 905 g/mol. The van der Waals surface area contributed by atoms with Crippen molar-refractivity contribution in [2.75, 3.05) is 39.8 Å². The SMILES string of the molecule is C=CCO[C@@]12Oc3ccc(OC(=O)NCC)cc3[C@H]3[C@H](CCCCO)[C@@H](CCCCO)C=C(C(=NOC4CCCCO4)C[C@@H]1N(Cc1ccc4c(c1)OCO4)C(=O)c1ccc(C#N)cc1)[C@H]32. The number of carbonyl (C=O) groups excluding carboxylic acids is 2. The number of hydrogen-bond acceptors (Lipinski definition) is 13. The molecule has 0 spiro atoms. The maximum Gasteiger partial charge on any atom is 0.412 e. The zero-order chi connectivity index (χ0) is 46.0. The van der Waals surface area contributed by atoms with Crippen LogP contribution >= 0.6 is 0 Å². The maximum atomic E-state index is 15.5. The fourth-order valence-electron chi connectivity index (χ4n) is 10.3. The topological polar surface area (TPSA) is 191 Å². The van der Waals surface area contributed by atoms with Gasteiger partial charge in [0.25, 0.3) is 5.91 Å². The molecule has 15 heteroatoms. The van der Waals surface area contributed by atoms with E-state index < -0.39 is 30.1 Å². The Balaban J connectivity index is 1.36. The van der Waals surface area contributed by atoms with E-state index >= 15 is 4.79 Å². The zero-order valence-electron chi connectivity index (χ0n) is 37.5. The van der Waals surface area contributed by atoms with Crippen LogP contribution in [-0.4, -0.2) is 90.7 Å². The van der Waals surface area contributed by atoms with Crippen molar-refractivity contribution >= 4 is 17.7 Å². The van der Waals surface area contributed by atoms with E-state index in [-0.39, 0.29) is 63.2 Å². The number of carbonyl (C=O) groups is 2. The first-order valence-corrected chi connectivity index (χ1v) is 23.3. The fourth-order valence-corrected chi connectivity index (χ4v) is 10.3. The molecule has 2 fully saturated rings. The van der Waals surface area contributed by atoms with Gasteiger partial charge in [-0.25, -0.2) is 4.79 Å². The summed E-state index contributed by atoms with van der Waals surface area (Å²) >= 11 is 0. The minimum Gasteiger partial charge on any atom is -0.459 e. The lowest BCUT2D eigenvalue weighted by Crippen LogP contribution is -2.70. The van der Waals surface area contributed by atoms with Crippen molar-refractivity contribution in [1.82, 2.24) is 10.2 Å². The molecule has 2 aliphatic carbocycles. The van der Waals surface area contributed by atoms with Gasteiger partial charge in [-0.15, -0.1) is 6.58 Å². The third kappa shape index (κ3) is 9.93. The minimum atomic E-state index is -1.57. The van der Waals surface area contributed by atoms with E-state index in [0.717, 1.165) is 55.2 Å². The van der Waals surface area contributed by atoms with Gasteiger partial charge in [0, 0.05) is 56.2 Å². The first-order chi connectivity index (χ1) is 32.3. The minimum absolute atomic E-state index is 0.0137. The predicted molar refractivity (Wildman–Crippen MR) is 243 cm³/mol. The summed E-state index contributed by atoms with van der Waals surface area (Å²) < 4.78 is 37.9. The van der Waals surface area contributed by atoms with Crippen LogP contribution in [-0.2, 0) is 20.9 Å². The summed E-state index contributed by atoms with van der Waals surface area (Å²) in [6.07, 6.45) is 9.71. The molecule has 15 nitrogen and oxygen atoms in total. The van der Waals surface area contributed by atoms with Crippen molar-refractivity contribution in [1.29, 1.82) is 5.26 Å². The Morgan fingerprint density at radius 3 is 2.53 bits per heavy atom. The summed E-state index contributed by atoms with van der Waals surface area (Å²) in [5.74, 6) is -0.924. The lowest BCUT2D eigenvalue weighted by atomic mass is 9.55. The largest absolute Gasteiger partial charge is 0.459 e. The van der Waals surface area contributed by atoms with Gasteiger partial charge in [0.05, 0.1) is 36.5 Å². The van der Waals surface area contributed by atoms with Gasteiger partial charge in [0.2, 0.25) is 18.9 Å². The van der Waals surface area contributed by atoms with Crippen LogP contribution < -0.4 is 24.3 Å². The Kier molecular flexibility index (Phi) is 15.2. The van der Waals surface area contributed by atoms with E-state index in [1.54, 1.807) is 47.4 Å². The maximum absolute atomic E-state index is 15.5. The highest BCUT2D eigenvalue weighted by Gasteiger charge is 2.65. The molecule has 1 saturated heterocycles. The first kappa shape index (κ1) is 46.6. The molecule has 0 aromatic heterocycles. The Morgan fingerprint density at radius 2 is 1.79 bits per heavy atom. The van der Waals surface area contributed by atoms with E-state index in [1.165, 1.54) is 0 Å². The lowest BCUT2D eigenvalue weighted by molar-refractivity contribution is -0.255. The summed E-state index contributed by atoms with van der Waals surface area (Å²) in [5, 5.41) is 37.4. The number of ether oxygens (including phenoxy) is 6. The van der Waals surface area contributed by atoms with E-state index in [9.17, 15) is 20.3 Å². The number of nitrogens with zero attached hydrogens (tertiary/aromatic N) is 3. The van der Waals surface area contributed by atoms with Crippen LogP contribution in [0.15, 0.2) is 90.1 Å². The molecule has 5 aliphatic rings. The molecule has 66 heavy (non-hydrogen) atoms. The molecule has 8 rings (SSSR count). The lowest BCUT2D eigenvalue weighted by Gasteiger charge is -2.60. The number of aliphatic hydroxyl groups is 2. The molecule has 0 bridgehead atoms. The van der Waals surface area contributed by atoms with Gasteiger partial charge in [-0.05, 0) is 123 Å². The summed E-state index contributed by atoms with van der Waals surface area (Å²) in [5.41, 5.74) is 3.82. The van der Waals surface area contributed by atoms with Gasteiger partial charge >= 0.3 is 6.09 Å².